The van der Waals surface area contributed by atoms with Crippen molar-refractivity contribution in [2.24, 2.45) is 0 Å². The zero-order valence-corrected chi connectivity index (χ0v) is 16.5. The van der Waals surface area contributed by atoms with E-state index < -0.39 is 12.0 Å². The molecule has 2 rings (SSSR count). The van der Waals surface area contributed by atoms with Gasteiger partial charge in [0.25, 0.3) is 5.91 Å². The molecule has 0 heterocycles. The van der Waals surface area contributed by atoms with Crippen LogP contribution in [0.3, 0.4) is 0 Å². The summed E-state index contributed by atoms with van der Waals surface area (Å²) in [5.74, 6) is 0.468. The standard InChI is InChI=1S/C20H23ClN2O4/c1-12-8-16(21)9-13(2)19(12)27-14(3)20(25)23-22-18(24)11-15-6-5-7-17(10-15)26-4/h5-10,14H,11H2,1-4H3,(H,22,24)(H,23,25). The zero-order chi connectivity index (χ0) is 20.0. The summed E-state index contributed by atoms with van der Waals surface area (Å²) in [4.78, 5) is 24.2. The van der Waals surface area contributed by atoms with Gasteiger partial charge in [-0.05, 0) is 61.7 Å². The number of amides is 2. The molecule has 0 saturated carbocycles. The molecule has 0 fully saturated rings. The Labute approximate surface area is 163 Å². The first-order chi connectivity index (χ1) is 12.8. The molecule has 0 spiro atoms. The quantitative estimate of drug-likeness (QED) is 0.743. The van der Waals surface area contributed by atoms with Crippen LogP contribution in [0.4, 0.5) is 0 Å². The van der Waals surface area contributed by atoms with E-state index in [1.807, 2.05) is 19.9 Å². The van der Waals surface area contributed by atoms with E-state index in [0.717, 1.165) is 16.7 Å². The maximum Gasteiger partial charge on any atom is 0.279 e. The van der Waals surface area contributed by atoms with Gasteiger partial charge >= 0.3 is 0 Å². The van der Waals surface area contributed by atoms with Crippen LogP contribution in [-0.2, 0) is 16.0 Å². The van der Waals surface area contributed by atoms with E-state index in [9.17, 15) is 9.59 Å². The van der Waals surface area contributed by atoms with Crippen LogP contribution in [0, 0.1) is 13.8 Å². The predicted octanol–water partition coefficient (Wildman–Crippen LogP) is 3.12. The number of hydrogen-bond acceptors (Lipinski definition) is 4. The average Bonchev–Trinajstić information content (AvgIpc) is 2.62. The Hall–Kier alpha value is -2.73. The molecular formula is C20H23ClN2O4. The molecular weight excluding hydrogens is 368 g/mol. The summed E-state index contributed by atoms with van der Waals surface area (Å²) >= 11 is 6.00. The molecule has 7 heteroatoms. The minimum absolute atomic E-state index is 0.113. The van der Waals surface area contributed by atoms with Gasteiger partial charge in [-0.2, -0.15) is 0 Å². The van der Waals surface area contributed by atoms with E-state index >= 15 is 0 Å². The van der Waals surface area contributed by atoms with Gasteiger partial charge in [0.2, 0.25) is 5.91 Å². The monoisotopic (exact) mass is 390 g/mol. The molecule has 0 bridgehead atoms. The summed E-state index contributed by atoms with van der Waals surface area (Å²) in [7, 11) is 1.56. The summed E-state index contributed by atoms with van der Waals surface area (Å²) in [5, 5.41) is 0.610. The fourth-order valence-electron chi connectivity index (χ4n) is 2.56. The number of rotatable bonds is 6. The second-order valence-corrected chi connectivity index (χ2v) is 6.63. The molecule has 0 aliphatic heterocycles. The molecule has 0 saturated heterocycles. The number of halogens is 1. The SMILES string of the molecule is COc1cccc(CC(=O)NNC(=O)C(C)Oc2c(C)cc(Cl)cc2C)c1. The summed E-state index contributed by atoms with van der Waals surface area (Å²) < 4.78 is 10.9. The second-order valence-electron chi connectivity index (χ2n) is 6.19. The van der Waals surface area contributed by atoms with Crippen molar-refractivity contribution in [2.75, 3.05) is 7.11 Å². The van der Waals surface area contributed by atoms with Crippen LogP contribution in [0.1, 0.15) is 23.6 Å². The fraction of sp³-hybridized carbons (Fsp3) is 0.300. The third-order valence-electron chi connectivity index (χ3n) is 3.91. The van der Waals surface area contributed by atoms with Gasteiger partial charge in [-0.25, -0.2) is 0 Å². The molecule has 2 aromatic rings. The van der Waals surface area contributed by atoms with Crippen LogP contribution in [0.15, 0.2) is 36.4 Å². The van der Waals surface area contributed by atoms with Gasteiger partial charge in [-0.1, -0.05) is 23.7 Å². The van der Waals surface area contributed by atoms with Crippen LogP contribution in [0.25, 0.3) is 0 Å². The van der Waals surface area contributed by atoms with Crippen molar-refractivity contribution in [1.82, 2.24) is 10.9 Å². The number of ether oxygens (including phenoxy) is 2. The van der Waals surface area contributed by atoms with Crippen molar-refractivity contribution in [1.29, 1.82) is 0 Å². The van der Waals surface area contributed by atoms with Crippen molar-refractivity contribution >= 4 is 23.4 Å². The van der Waals surface area contributed by atoms with Crippen LogP contribution in [0.5, 0.6) is 11.5 Å². The normalized spacial score (nSPS) is 11.4. The van der Waals surface area contributed by atoms with Crippen molar-refractivity contribution < 1.29 is 19.1 Å². The molecule has 0 aliphatic carbocycles. The van der Waals surface area contributed by atoms with Crippen molar-refractivity contribution in [3.63, 3.8) is 0 Å². The third kappa shape index (κ3) is 5.89. The highest BCUT2D eigenvalue weighted by atomic mass is 35.5. The first kappa shape index (κ1) is 20.6. The summed E-state index contributed by atoms with van der Waals surface area (Å²) in [6, 6.07) is 10.7. The third-order valence-corrected chi connectivity index (χ3v) is 4.13. The average molecular weight is 391 g/mol. The lowest BCUT2D eigenvalue weighted by atomic mass is 10.1. The van der Waals surface area contributed by atoms with Gasteiger partial charge in [0.1, 0.15) is 11.5 Å². The van der Waals surface area contributed by atoms with Gasteiger partial charge in [-0.15, -0.1) is 0 Å². The largest absolute Gasteiger partial charge is 0.497 e. The Morgan fingerprint density at radius 3 is 2.41 bits per heavy atom. The molecule has 27 heavy (non-hydrogen) atoms. The van der Waals surface area contributed by atoms with Crippen LogP contribution in [0.2, 0.25) is 5.02 Å². The fourth-order valence-corrected chi connectivity index (χ4v) is 2.89. The molecule has 2 aromatic carbocycles. The van der Waals surface area contributed by atoms with E-state index in [-0.39, 0.29) is 12.3 Å². The maximum atomic E-state index is 12.2. The minimum Gasteiger partial charge on any atom is -0.497 e. The molecule has 2 N–H and O–H groups in total. The van der Waals surface area contributed by atoms with Gasteiger partial charge in [-0.3, -0.25) is 20.4 Å². The van der Waals surface area contributed by atoms with Crippen LogP contribution < -0.4 is 20.3 Å². The molecule has 6 nitrogen and oxygen atoms in total. The van der Waals surface area contributed by atoms with Gasteiger partial charge in [0, 0.05) is 5.02 Å². The highest BCUT2D eigenvalue weighted by Crippen LogP contribution is 2.27. The van der Waals surface area contributed by atoms with E-state index in [1.165, 1.54) is 0 Å². The number of benzene rings is 2. The number of hydrogen-bond donors (Lipinski definition) is 2. The molecule has 0 aromatic heterocycles. The van der Waals surface area contributed by atoms with E-state index in [0.29, 0.717) is 16.5 Å². The van der Waals surface area contributed by atoms with Crippen molar-refractivity contribution in [2.45, 2.75) is 33.3 Å². The first-order valence-corrected chi connectivity index (χ1v) is 8.83. The van der Waals surface area contributed by atoms with Crippen molar-refractivity contribution in [3.05, 3.63) is 58.1 Å². The van der Waals surface area contributed by atoms with Crippen molar-refractivity contribution in [3.8, 4) is 11.5 Å². The number of methoxy groups -OCH3 is 1. The topological polar surface area (TPSA) is 76.7 Å². The number of aryl methyl sites for hydroxylation is 2. The van der Waals surface area contributed by atoms with E-state index in [4.69, 9.17) is 21.1 Å². The molecule has 1 unspecified atom stereocenters. The Balaban J connectivity index is 1.88. The second kappa shape index (κ2) is 9.28. The first-order valence-electron chi connectivity index (χ1n) is 8.45. The summed E-state index contributed by atoms with van der Waals surface area (Å²) in [5.41, 5.74) is 7.22. The van der Waals surface area contributed by atoms with E-state index in [2.05, 4.69) is 10.9 Å². The lowest BCUT2D eigenvalue weighted by Gasteiger charge is -2.18. The highest BCUT2D eigenvalue weighted by Gasteiger charge is 2.18. The molecule has 1 atom stereocenters. The lowest BCUT2D eigenvalue weighted by molar-refractivity contribution is -0.132. The van der Waals surface area contributed by atoms with Crippen LogP contribution >= 0.6 is 11.6 Å². The number of carbonyl (C=O) groups is 2. The Bertz CT molecular complexity index is 815. The molecule has 0 aliphatic rings. The predicted molar refractivity (Wildman–Crippen MR) is 104 cm³/mol. The van der Waals surface area contributed by atoms with E-state index in [1.54, 1.807) is 44.4 Å². The number of carbonyl (C=O) groups excluding carboxylic acids is 2. The zero-order valence-electron chi connectivity index (χ0n) is 15.8. The molecule has 2 amide bonds. The highest BCUT2D eigenvalue weighted by molar-refractivity contribution is 6.30. The van der Waals surface area contributed by atoms with Crippen LogP contribution in [-0.4, -0.2) is 25.0 Å². The smallest absolute Gasteiger partial charge is 0.279 e. The Morgan fingerprint density at radius 2 is 1.78 bits per heavy atom. The summed E-state index contributed by atoms with van der Waals surface area (Å²) in [6.07, 6.45) is -0.678. The van der Waals surface area contributed by atoms with Gasteiger partial charge < -0.3 is 9.47 Å². The van der Waals surface area contributed by atoms with Gasteiger partial charge in [0.15, 0.2) is 6.10 Å². The number of hydrazine groups is 1. The minimum atomic E-state index is -0.791. The molecule has 144 valence electrons. The Kier molecular flexibility index (Phi) is 7.07. The lowest BCUT2D eigenvalue weighted by Crippen LogP contribution is -2.47. The Morgan fingerprint density at radius 1 is 1.11 bits per heavy atom. The van der Waals surface area contributed by atoms with Gasteiger partial charge in [0.05, 0.1) is 13.5 Å². The number of nitrogens with one attached hydrogen (secondary N) is 2. The summed E-state index contributed by atoms with van der Waals surface area (Å²) in [6.45, 7) is 5.32. The molecule has 0 radical (unpaired) electrons. The maximum absolute atomic E-state index is 12.2.